The normalized spacial score (nSPS) is 18.2. The molecule has 3 aromatic carbocycles. The van der Waals surface area contributed by atoms with Crippen molar-refractivity contribution < 1.29 is 29.0 Å². The number of amides is 1. The molecule has 4 rings (SSSR count). The van der Waals surface area contributed by atoms with Crippen LogP contribution in [0.4, 0.5) is 4.79 Å². The maximum Gasteiger partial charge on any atom is 0.410 e. The number of likely N-dealkylation sites (tertiary alicyclic amines) is 1. The van der Waals surface area contributed by atoms with Crippen molar-refractivity contribution in [3.63, 3.8) is 0 Å². The second-order valence-corrected chi connectivity index (χ2v) is 8.06. The van der Waals surface area contributed by atoms with Gasteiger partial charge >= 0.3 is 12.1 Å². The molecule has 1 N–H and O–H groups in total. The molecule has 7 nitrogen and oxygen atoms in total. The molecule has 1 aliphatic rings. The van der Waals surface area contributed by atoms with Crippen LogP contribution in [-0.2, 0) is 20.9 Å². The number of rotatable bonds is 7. The van der Waals surface area contributed by atoms with E-state index in [0.717, 1.165) is 10.5 Å². The van der Waals surface area contributed by atoms with Crippen molar-refractivity contribution in [2.75, 3.05) is 6.54 Å². The van der Waals surface area contributed by atoms with Gasteiger partial charge < -0.3 is 14.6 Å². The number of β-amino-alcohol motifs (C(OH)–C–C–N with tert-alkyl or cyclic N) is 1. The molecule has 3 atom stereocenters. The molecule has 1 amide bonds. The summed E-state index contributed by atoms with van der Waals surface area (Å²) < 4.78 is 11.0. The molecule has 1 aliphatic heterocycles. The highest BCUT2D eigenvalue weighted by Crippen LogP contribution is 2.27. The molecule has 0 saturated carbocycles. The summed E-state index contributed by atoms with van der Waals surface area (Å²) in [6, 6.07) is 25.3. The summed E-state index contributed by atoms with van der Waals surface area (Å²) in [5.74, 6) is -1.15. The number of benzene rings is 3. The lowest BCUT2D eigenvalue weighted by molar-refractivity contribution is -0.152. The number of esters is 1. The first-order chi connectivity index (χ1) is 16.5. The smallest absolute Gasteiger partial charge is 0.410 e. The van der Waals surface area contributed by atoms with Crippen LogP contribution < -0.4 is 0 Å². The first kappa shape index (κ1) is 23.2. The van der Waals surface area contributed by atoms with Crippen LogP contribution in [0.5, 0.6) is 0 Å². The molecule has 1 saturated heterocycles. The number of hydrogen-bond acceptors (Lipinski definition) is 6. The Morgan fingerprint density at radius 3 is 2.12 bits per heavy atom. The molecule has 0 aliphatic carbocycles. The van der Waals surface area contributed by atoms with Gasteiger partial charge in [0.2, 0.25) is 5.78 Å². The van der Waals surface area contributed by atoms with E-state index in [1.54, 1.807) is 60.7 Å². The summed E-state index contributed by atoms with van der Waals surface area (Å²) in [4.78, 5) is 40.2. The van der Waals surface area contributed by atoms with Crippen molar-refractivity contribution in [2.24, 2.45) is 0 Å². The molecule has 0 aromatic heterocycles. The third-order valence-electron chi connectivity index (χ3n) is 5.62. The Morgan fingerprint density at radius 2 is 1.47 bits per heavy atom. The van der Waals surface area contributed by atoms with Crippen LogP contribution in [0.1, 0.15) is 34.0 Å². The van der Waals surface area contributed by atoms with Crippen LogP contribution in [0.25, 0.3) is 0 Å². The third-order valence-corrected chi connectivity index (χ3v) is 5.62. The molecular formula is C27H25NO6. The topological polar surface area (TPSA) is 93.1 Å². The highest BCUT2D eigenvalue weighted by Gasteiger charge is 2.42. The van der Waals surface area contributed by atoms with Gasteiger partial charge in [-0.15, -0.1) is 0 Å². The van der Waals surface area contributed by atoms with E-state index >= 15 is 0 Å². The van der Waals surface area contributed by atoms with E-state index in [4.69, 9.17) is 9.47 Å². The van der Waals surface area contributed by atoms with E-state index in [1.165, 1.54) is 0 Å². The minimum atomic E-state index is -1.18. The summed E-state index contributed by atoms with van der Waals surface area (Å²) in [7, 11) is 0. The lowest BCUT2D eigenvalue weighted by atomic mass is 9.99. The van der Waals surface area contributed by atoms with Gasteiger partial charge in [-0.2, -0.15) is 0 Å². The maximum atomic E-state index is 13.2. The van der Waals surface area contributed by atoms with Crippen molar-refractivity contribution in [2.45, 2.75) is 31.3 Å². The van der Waals surface area contributed by atoms with Crippen LogP contribution in [0.2, 0.25) is 0 Å². The second-order valence-electron chi connectivity index (χ2n) is 8.06. The largest absolute Gasteiger partial charge is 0.447 e. The number of nitrogens with zero attached hydrogens (tertiary/aromatic N) is 1. The standard InChI is InChI=1S/C27H25NO6/c29-22-16-23(28(17-22)27(32)33-18-19-10-4-1-5-11-19)26(31)34-25(21-14-8-3-9-15-21)24(30)20-12-6-2-7-13-20/h1-15,22-23,25,29H,16-18H2/t22?,23-,25?/m1/s1. The Morgan fingerprint density at radius 1 is 0.882 bits per heavy atom. The summed E-state index contributed by atoms with van der Waals surface area (Å²) in [5, 5.41) is 10.2. The van der Waals surface area contributed by atoms with Crippen molar-refractivity contribution >= 4 is 17.8 Å². The van der Waals surface area contributed by atoms with Gasteiger partial charge in [0.25, 0.3) is 0 Å². The zero-order valence-corrected chi connectivity index (χ0v) is 18.4. The third kappa shape index (κ3) is 5.50. The fourth-order valence-electron chi connectivity index (χ4n) is 3.89. The van der Waals surface area contributed by atoms with Crippen LogP contribution in [0.15, 0.2) is 91.0 Å². The molecule has 3 aromatic rings. The van der Waals surface area contributed by atoms with Gasteiger partial charge in [0.05, 0.1) is 12.6 Å². The number of hydrogen-bond donors (Lipinski definition) is 1. The van der Waals surface area contributed by atoms with Crippen molar-refractivity contribution in [1.29, 1.82) is 0 Å². The Kier molecular flexibility index (Phi) is 7.34. The van der Waals surface area contributed by atoms with E-state index < -0.39 is 30.3 Å². The number of Topliss-reactive ketones (excluding diaryl/α,β-unsaturated/α-hetero) is 1. The summed E-state index contributed by atoms with van der Waals surface area (Å²) in [5.41, 5.74) is 1.71. The van der Waals surface area contributed by atoms with Gasteiger partial charge in [-0.25, -0.2) is 9.59 Å². The zero-order valence-electron chi connectivity index (χ0n) is 18.4. The minimum Gasteiger partial charge on any atom is -0.447 e. The van der Waals surface area contributed by atoms with Crippen molar-refractivity contribution in [3.05, 3.63) is 108 Å². The maximum absolute atomic E-state index is 13.2. The van der Waals surface area contributed by atoms with Gasteiger partial charge in [-0.3, -0.25) is 9.69 Å². The van der Waals surface area contributed by atoms with Gasteiger partial charge in [-0.1, -0.05) is 91.0 Å². The highest BCUT2D eigenvalue weighted by molar-refractivity contribution is 6.01. The zero-order chi connectivity index (χ0) is 23.9. The van der Waals surface area contributed by atoms with Gasteiger partial charge in [0.1, 0.15) is 12.6 Å². The van der Waals surface area contributed by atoms with Crippen LogP contribution in [0, 0.1) is 0 Å². The molecule has 0 bridgehead atoms. The summed E-state index contributed by atoms with van der Waals surface area (Å²) in [6.07, 6.45) is -2.81. The van der Waals surface area contributed by atoms with E-state index in [1.807, 2.05) is 30.3 Å². The van der Waals surface area contributed by atoms with Gasteiger partial charge in [-0.05, 0) is 5.56 Å². The molecule has 174 valence electrons. The second kappa shape index (κ2) is 10.8. The average Bonchev–Trinajstić information content (AvgIpc) is 3.29. The molecule has 0 spiro atoms. The fraction of sp³-hybridized carbons (Fsp3) is 0.222. The molecule has 1 fully saturated rings. The molecular weight excluding hydrogens is 434 g/mol. The average molecular weight is 459 g/mol. The van der Waals surface area contributed by atoms with E-state index in [0.29, 0.717) is 11.1 Å². The SMILES string of the molecule is O=C(c1ccccc1)C(OC(=O)[C@H]1CC(O)CN1C(=O)OCc1ccccc1)c1ccccc1. The van der Waals surface area contributed by atoms with E-state index in [2.05, 4.69) is 0 Å². The number of ether oxygens (including phenoxy) is 2. The molecule has 2 unspecified atom stereocenters. The number of carbonyl (C=O) groups is 3. The quantitative estimate of drug-likeness (QED) is 0.425. The fourth-order valence-corrected chi connectivity index (χ4v) is 3.89. The van der Waals surface area contributed by atoms with Crippen molar-refractivity contribution in [1.82, 2.24) is 4.90 Å². The Labute approximate surface area is 197 Å². The first-order valence-corrected chi connectivity index (χ1v) is 11.0. The van der Waals surface area contributed by atoms with E-state index in [-0.39, 0.29) is 25.4 Å². The monoisotopic (exact) mass is 459 g/mol. The Hall–Kier alpha value is -3.97. The van der Waals surface area contributed by atoms with Gasteiger partial charge in [0, 0.05) is 17.5 Å². The van der Waals surface area contributed by atoms with Gasteiger partial charge in [0.15, 0.2) is 6.10 Å². The minimum absolute atomic E-state index is 0.000305. The molecule has 7 heteroatoms. The number of carbonyl (C=O) groups excluding carboxylic acids is 3. The number of aliphatic hydroxyl groups excluding tert-OH is 1. The van der Waals surface area contributed by atoms with Crippen LogP contribution >= 0.6 is 0 Å². The van der Waals surface area contributed by atoms with Crippen LogP contribution in [0.3, 0.4) is 0 Å². The summed E-state index contributed by atoms with van der Waals surface area (Å²) >= 11 is 0. The first-order valence-electron chi connectivity index (χ1n) is 11.0. The predicted octanol–water partition coefficient (Wildman–Crippen LogP) is 3.93. The summed E-state index contributed by atoms with van der Waals surface area (Å²) in [6.45, 7) is -0.0246. The molecule has 0 radical (unpaired) electrons. The molecule has 1 heterocycles. The van der Waals surface area contributed by atoms with E-state index in [9.17, 15) is 19.5 Å². The number of ketones is 1. The predicted molar refractivity (Wildman–Crippen MR) is 124 cm³/mol. The highest BCUT2D eigenvalue weighted by atomic mass is 16.6. The Bertz CT molecular complexity index is 1120. The molecule has 34 heavy (non-hydrogen) atoms. The number of aliphatic hydroxyl groups is 1. The Balaban J connectivity index is 1.50. The lowest BCUT2D eigenvalue weighted by Gasteiger charge is -2.25. The van der Waals surface area contributed by atoms with Crippen LogP contribution in [-0.4, -0.2) is 46.5 Å². The van der Waals surface area contributed by atoms with Crippen molar-refractivity contribution in [3.8, 4) is 0 Å². The lowest BCUT2D eigenvalue weighted by Crippen LogP contribution is -2.42.